The molecule has 0 unspecified atom stereocenters. The number of carbonyl (C=O) groups is 1. The first-order chi connectivity index (χ1) is 7.41. The van der Waals surface area contributed by atoms with Gasteiger partial charge in [-0.05, 0) is 46.5 Å². The molecule has 0 saturated heterocycles. The van der Waals surface area contributed by atoms with Gasteiger partial charge in [0.25, 0.3) is 0 Å². The zero-order valence-electron chi connectivity index (χ0n) is 9.75. The Balaban J connectivity index is 2.80. The Morgan fingerprint density at radius 1 is 1.44 bits per heavy atom. The van der Waals surface area contributed by atoms with E-state index in [1.54, 1.807) is 0 Å². The number of rotatable bonds is 3. The van der Waals surface area contributed by atoms with Crippen molar-refractivity contribution in [1.82, 2.24) is 0 Å². The zero-order valence-corrected chi connectivity index (χ0v) is 11.3. The van der Waals surface area contributed by atoms with Gasteiger partial charge in [0, 0.05) is 4.47 Å². The minimum absolute atomic E-state index is 0.128. The van der Waals surface area contributed by atoms with Gasteiger partial charge in [-0.2, -0.15) is 0 Å². The van der Waals surface area contributed by atoms with Gasteiger partial charge in [0.15, 0.2) is 0 Å². The number of aryl methyl sites for hydroxylation is 1. The molecule has 1 atom stereocenters. The third kappa shape index (κ3) is 3.32. The highest BCUT2D eigenvalue weighted by Crippen LogP contribution is 2.23. The van der Waals surface area contributed by atoms with Gasteiger partial charge in [-0.3, -0.25) is 4.79 Å². The van der Waals surface area contributed by atoms with Gasteiger partial charge in [0.1, 0.15) is 0 Å². The Labute approximate surface area is 105 Å². The molecule has 0 heterocycles. The molecule has 0 aromatic heterocycles. The van der Waals surface area contributed by atoms with E-state index in [2.05, 4.69) is 21.2 Å². The van der Waals surface area contributed by atoms with Gasteiger partial charge >= 0.3 is 0 Å². The van der Waals surface area contributed by atoms with Crippen LogP contribution in [0.2, 0.25) is 0 Å². The van der Waals surface area contributed by atoms with Crippen LogP contribution in [0.4, 0.5) is 5.69 Å². The summed E-state index contributed by atoms with van der Waals surface area (Å²) in [5.74, 6) is -0.0233. The quantitative estimate of drug-likeness (QED) is 0.897. The van der Waals surface area contributed by atoms with E-state index in [1.807, 2.05) is 39.0 Å². The van der Waals surface area contributed by atoms with Crippen molar-refractivity contribution in [3.05, 3.63) is 28.2 Å². The predicted molar refractivity (Wildman–Crippen MR) is 70.3 cm³/mol. The first kappa shape index (κ1) is 13.2. The topological polar surface area (TPSA) is 55.1 Å². The molecule has 3 nitrogen and oxygen atoms in total. The molecule has 4 heteroatoms. The van der Waals surface area contributed by atoms with Crippen molar-refractivity contribution in [3.8, 4) is 0 Å². The van der Waals surface area contributed by atoms with Crippen molar-refractivity contribution >= 4 is 27.5 Å². The summed E-state index contributed by atoms with van der Waals surface area (Å²) in [6, 6.07) is 5.32. The van der Waals surface area contributed by atoms with Crippen molar-refractivity contribution in [2.45, 2.75) is 26.8 Å². The third-order valence-electron chi connectivity index (χ3n) is 2.40. The average Bonchev–Trinajstić information content (AvgIpc) is 2.22. The molecule has 0 aliphatic rings. The van der Waals surface area contributed by atoms with E-state index in [-0.39, 0.29) is 11.8 Å². The highest BCUT2D eigenvalue weighted by Gasteiger charge is 2.17. The summed E-state index contributed by atoms with van der Waals surface area (Å²) in [5, 5.41) is 2.82. The second kappa shape index (κ2) is 5.46. The standard InChI is InChI=1S/C12H17BrN2O/c1-7(2)11(14)12(16)15-10-6-8(3)4-5-9(10)13/h4-7,11H,14H2,1-3H3,(H,15,16)/t11-/m1/s1. The Morgan fingerprint density at radius 2 is 2.06 bits per heavy atom. The van der Waals surface area contributed by atoms with Gasteiger partial charge in [-0.1, -0.05) is 19.9 Å². The maximum absolute atomic E-state index is 11.8. The summed E-state index contributed by atoms with van der Waals surface area (Å²) in [5.41, 5.74) is 7.63. The largest absolute Gasteiger partial charge is 0.324 e. The molecular formula is C12H17BrN2O. The molecule has 0 saturated carbocycles. The number of nitrogens with two attached hydrogens (primary N) is 1. The molecule has 3 N–H and O–H groups in total. The van der Waals surface area contributed by atoms with Crippen LogP contribution in [0.25, 0.3) is 0 Å². The Hall–Kier alpha value is -0.870. The Kier molecular flexibility index (Phi) is 4.50. The van der Waals surface area contributed by atoms with Gasteiger partial charge in [-0.15, -0.1) is 0 Å². The monoisotopic (exact) mass is 284 g/mol. The second-order valence-electron chi connectivity index (χ2n) is 4.24. The van der Waals surface area contributed by atoms with Crippen molar-refractivity contribution in [3.63, 3.8) is 0 Å². The molecule has 0 fully saturated rings. The molecule has 0 spiro atoms. The summed E-state index contributed by atoms with van der Waals surface area (Å²) in [7, 11) is 0. The van der Waals surface area contributed by atoms with E-state index in [1.165, 1.54) is 0 Å². The number of benzene rings is 1. The van der Waals surface area contributed by atoms with Crippen LogP contribution < -0.4 is 11.1 Å². The van der Waals surface area contributed by atoms with Gasteiger partial charge in [0.2, 0.25) is 5.91 Å². The van der Waals surface area contributed by atoms with Crippen LogP contribution in [-0.4, -0.2) is 11.9 Å². The first-order valence-corrected chi connectivity index (χ1v) is 6.03. The van der Waals surface area contributed by atoms with Crippen LogP contribution >= 0.6 is 15.9 Å². The van der Waals surface area contributed by atoms with Gasteiger partial charge in [-0.25, -0.2) is 0 Å². The van der Waals surface area contributed by atoms with Gasteiger partial charge < -0.3 is 11.1 Å². The molecule has 1 rings (SSSR count). The molecule has 88 valence electrons. The molecule has 0 aliphatic carbocycles. The molecule has 0 aliphatic heterocycles. The van der Waals surface area contributed by atoms with E-state index in [9.17, 15) is 4.79 Å². The molecule has 1 amide bonds. The second-order valence-corrected chi connectivity index (χ2v) is 5.10. The van der Waals surface area contributed by atoms with E-state index < -0.39 is 6.04 Å². The van der Waals surface area contributed by atoms with Crippen LogP contribution in [0.1, 0.15) is 19.4 Å². The summed E-state index contributed by atoms with van der Waals surface area (Å²) in [6.07, 6.45) is 0. The lowest BCUT2D eigenvalue weighted by Crippen LogP contribution is -2.39. The maximum Gasteiger partial charge on any atom is 0.241 e. The molecule has 1 aromatic rings. The van der Waals surface area contributed by atoms with Crippen molar-refractivity contribution in [2.75, 3.05) is 5.32 Å². The molecule has 1 aromatic carbocycles. The van der Waals surface area contributed by atoms with Crippen LogP contribution in [0.15, 0.2) is 22.7 Å². The summed E-state index contributed by atoms with van der Waals surface area (Å²) in [6.45, 7) is 5.83. The minimum atomic E-state index is -0.479. The summed E-state index contributed by atoms with van der Waals surface area (Å²) in [4.78, 5) is 11.8. The summed E-state index contributed by atoms with van der Waals surface area (Å²) >= 11 is 3.39. The third-order valence-corrected chi connectivity index (χ3v) is 3.09. The fourth-order valence-corrected chi connectivity index (χ4v) is 1.60. The fourth-order valence-electron chi connectivity index (χ4n) is 1.25. The number of carbonyl (C=O) groups excluding carboxylic acids is 1. The fraction of sp³-hybridized carbons (Fsp3) is 0.417. The number of nitrogens with one attached hydrogen (secondary N) is 1. The average molecular weight is 285 g/mol. The van der Waals surface area contributed by atoms with Crippen LogP contribution in [0, 0.1) is 12.8 Å². The smallest absolute Gasteiger partial charge is 0.241 e. The lowest BCUT2D eigenvalue weighted by atomic mass is 10.0. The van der Waals surface area contributed by atoms with Crippen LogP contribution in [0.5, 0.6) is 0 Å². The normalized spacial score (nSPS) is 12.6. The number of amides is 1. The molecule has 0 bridgehead atoms. The lowest BCUT2D eigenvalue weighted by molar-refractivity contribution is -0.118. The highest BCUT2D eigenvalue weighted by atomic mass is 79.9. The van der Waals surface area contributed by atoms with Crippen molar-refractivity contribution in [2.24, 2.45) is 11.7 Å². The number of halogens is 1. The number of hydrogen-bond donors (Lipinski definition) is 2. The van der Waals surface area contributed by atoms with Crippen LogP contribution in [0.3, 0.4) is 0 Å². The van der Waals surface area contributed by atoms with E-state index >= 15 is 0 Å². The van der Waals surface area contributed by atoms with Crippen molar-refractivity contribution in [1.29, 1.82) is 0 Å². The van der Waals surface area contributed by atoms with Crippen LogP contribution in [-0.2, 0) is 4.79 Å². The highest BCUT2D eigenvalue weighted by molar-refractivity contribution is 9.10. The van der Waals surface area contributed by atoms with E-state index in [0.29, 0.717) is 0 Å². The van der Waals surface area contributed by atoms with Gasteiger partial charge in [0.05, 0.1) is 11.7 Å². The SMILES string of the molecule is Cc1ccc(Br)c(NC(=O)[C@H](N)C(C)C)c1. The number of anilines is 1. The molecular weight excluding hydrogens is 268 g/mol. The number of hydrogen-bond acceptors (Lipinski definition) is 2. The molecule has 16 heavy (non-hydrogen) atoms. The first-order valence-electron chi connectivity index (χ1n) is 5.24. The minimum Gasteiger partial charge on any atom is -0.324 e. The maximum atomic E-state index is 11.8. The lowest BCUT2D eigenvalue weighted by Gasteiger charge is -2.16. The van der Waals surface area contributed by atoms with E-state index in [0.717, 1.165) is 15.7 Å². The predicted octanol–water partition coefficient (Wildman–Crippen LogP) is 2.68. The Morgan fingerprint density at radius 3 is 2.62 bits per heavy atom. The van der Waals surface area contributed by atoms with Crippen molar-refractivity contribution < 1.29 is 4.79 Å². The Bertz CT molecular complexity index is 391. The van der Waals surface area contributed by atoms with E-state index in [4.69, 9.17) is 5.73 Å². The molecule has 0 radical (unpaired) electrons. The summed E-state index contributed by atoms with van der Waals surface area (Å²) < 4.78 is 0.863. The zero-order chi connectivity index (χ0) is 12.3.